The highest BCUT2D eigenvalue weighted by molar-refractivity contribution is 5.93. The molecule has 1 saturated heterocycles. The monoisotopic (exact) mass is 298 g/mol. The Morgan fingerprint density at radius 1 is 1.14 bits per heavy atom. The first kappa shape index (κ1) is 14.4. The zero-order chi connectivity index (χ0) is 15.5. The van der Waals surface area contributed by atoms with Crippen molar-refractivity contribution in [2.24, 2.45) is 5.92 Å². The SMILES string of the molecule is O=C(O)[C@H]1CCCN(C(=O)c2ccc(-c3ccccc3)[nH]2)C1. The zero-order valence-electron chi connectivity index (χ0n) is 12.2. The van der Waals surface area contributed by atoms with Crippen LogP contribution in [0.4, 0.5) is 0 Å². The molecule has 1 aliphatic rings. The molecule has 2 aromatic rings. The molecular formula is C17H18N2O3. The number of aromatic nitrogens is 1. The van der Waals surface area contributed by atoms with E-state index in [0.717, 1.165) is 17.7 Å². The average Bonchev–Trinajstić information content (AvgIpc) is 3.05. The summed E-state index contributed by atoms with van der Waals surface area (Å²) in [5.41, 5.74) is 2.41. The molecule has 1 amide bonds. The quantitative estimate of drug-likeness (QED) is 0.914. The maximum absolute atomic E-state index is 12.5. The number of hydrogen-bond acceptors (Lipinski definition) is 2. The van der Waals surface area contributed by atoms with Crippen molar-refractivity contribution >= 4 is 11.9 Å². The van der Waals surface area contributed by atoms with Crippen LogP contribution >= 0.6 is 0 Å². The number of nitrogens with zero attached hydrogens (tertiary/aromatic N) is 1. The number of carbonyl (C=O) groups is 2. The molecule has 22 heavy (non-hydrogen) atoms. The Morgan fingerprint density at radius 2 is 1.91 bits per heavy atom. The third-order valence-corrected chi connectivity index (χ3v) is 4.06. The van der Waals surface area contributed by atoms with Crippen LogP contribution in [0, 0.1) is 5.92 Å². The molecule has 5 nitrogen and oxygen atoms in total. The molecule has 2 heterocycles. The van der Waals surface area contributed by atoms with E-state index in [-0.39, 0.29) is 12.5 Å². The van der Waals surface area contributed by atoms with E-state index in [4.69, 9.17) is 5.11 Å². The summed E-state index contributed by atoms with van der Waals surface area (Å²) in [6.07, 6.45) is 1.37. The van der Waals surface area contributed by atoms with Gasteiger partial charge in [0.1, 0.15) is 5.69 Å². The van der Waals surface area contributed by atoms with E-state index in [2.05, 4.69) is 4.98 Å². The fraction of sp³-hybridized carbons (Fsp3) is 0.294. The number of carbonyl (C=O) groups excluding carboxylic acids is 1. The van der Waals surface area contributed by atoms with Gasteiger partial charge < -0.3 is 15.0 Å². The minimum absolute atomic E-state index is 0.131. The standard InChI is InChI=1S/C17H18N2O3/c20-16(19-10-4-7-13(11-19)17(21)22)15-9-8-14(18-15)12-5-2-1-3-6-12/h1-3,5-6,8-9,13,18H,4,7,10-11H2,(H,21,22)/t13-/m0/s1. The van der Waals surface area contributed by atoms with Crippen molar-refractivity contribution in [2.75, 3.05) is 13.1 Å². The molecule has 1 fully saturated rings. The molecule has 3 rings (SSSR count). The minimum Gasteiger partial charge on any atom is -0.481 e. The topological polar surface area (TPSA) is 73.4 Å². The minimum atomic E-state index is -0.825. The Bertz CT molecular complexity index is 678. The summed E-state index contributed by atoms with van der Waals surface area (Å²) in [6.45, 7) is 0.899. The van der Waals surface area contributed by atoms with Gasteiger partial charge in [0.05, 0.1) is 5.92 Å². The van der Waals surface area contributed by atoms with E-state index in [1.54, 1.807) is 11.0 Å². The summed E-state index contributed by atoms with van der Waals surface area (Å²) in [7, 11) is 0. The highest BCUT2D eigenvalue weighted by Crippen LogP contribution is 2.21. The summed E-state index contributed by atoms with van der Waals surface area (Å²) < 4.78 is 0. The van der Waals surface area contributed by atoms with Crippen molar-refractivity contribution in [3.8, 4) is 11.3 Å². The average molecular weight is 298 g/mol. The third-order valence-electron chi connectivity index (χ3n) is 4.06. The van der Waals surface area contributed by atoms with Crippen LogP contribution in [0.25, 0.3) is 11.3 Å². The molecule has 1 atom stereocenters. The molecule has 0 radical (unpaired) electrons. The van der Waals surface area contributed by atoms with E-state index in [1.807, 2.05) is 36.4 Å². The van der Waals surface area contributed by atoms with Crippen LogP contribution in [-0.2, 0) is 4.79 Å². The van der Waals surface area contributed by atoms with E-state index in [9.17, 15) is 9.59 Å². The number of likely N-dealkylation sites (tertiary alicyclic amines) is 1. The Morgan fingerprint density at radius 3 is 2.64 bits per heavy atom. The van der Waals surface area contributed by atoms with Gasteiger partial charge in [-0.1, -0.05) is 30.3 Å². The number of rotatable bonds is 3. The van der Waals surface area contributed by atoms with Crippen molar-refractivity contribution in [3.63, 3.8) is 0 Å². The highest BCUT2D eigenvalue weighted by atomic mass is 16.4. The number of benzene rings is 1. The molecule has 114 valence electrons. The van der Waals surface area contributed by atoms with Gasteiger partial charge >= 0.3 is 5.97 Å². The van der Waals surface area contributed by atoms with Crippen molar-refractivity contribution < 1.29 is 14.7 Å². The molecule has 2 N–H and O–H groups in total. The number of H-pyrrole nitrogens is 1. The zero-order valence-corrected chi connectivity index (χ0v) is 12.2. The van der Waals surface area contributed by atoms with Gasteiger partial charge in [-0.2, -0.15) is 0 Å². The fourth-order valence-corrected chi connectivity index (χ4v) is 2.84. The summed E-state index contributed by atoms with van der Waals surface area (Å²) in [6, 6.07) is 13.4. The number of amides is 1. The lowest BCUT2D eigenvalue weighted by Gasteiger charge is -2.30. The molecule has 1 aromatic heterocycles. The van der Waals surface area contributed by atoms with Crippen molar-refractivity contribution in [3.05, 3.63) is 48.2 Å². The molecule has 0 bridgehead atoms. The lowest BCUT2D eigenvalue weighted by atomic mass is 9.98. The van der Waals surface area contributed by atoms with Crippen molar-refractivity contribution in [1.29, 1.82) is 0 Å². The number of carboxylic acid groups (broad SMARTS) is 1. The third kappa shape index (κ3) is 2.88. The van der Waals surface area contributed by atoms with Gasteiger partial charge in [0, 0.05) is 18.8 Å². The predicted octanol–water partition coefficient (Wildman–Crippen LogP) is 2.62. The van der Waals surface area contributed by atoms with E-state index >= 15 is 0 Å². The summed E-state index contributed by atoms with van der Waals surface area (Å²) in [4.78, 5) is 28.4. The molecule has 1 aliphatic heterocycles. The van der Waals surface area contributed by atoms with Crippen molar-refractivity contribution in [1.82, 2.24) is 9.88 Å². The van der Waals surface area contributed by atoms with Gasteiger partial charge in [-0.05, 0) is 30.5 Å². The van der Waals surface area contributed by atoms with Gasteiger partial charge in [0.2, 0.25) is 0 Å². The molecule has 5 heteroatoms. The summed E-state index contributed by atoms with van der Waals surface area (Å²) >= 11 is 0. The number of nitrogens with one attached hydrogen (secondary N) is 1. The highest BCUT2D eigenvalue weighted by Gasteiger charge is 2.29. The number of aliphatic carboxylic acids is 1. The van der Waals surface area contributed by atoms with Crippen LogP contribution < -0.4 is 0 Å². The Balaban J connectivity index is 1.76. The second kappa shape index (κ2) is 6.05. The maximum Gasteiger partial charge on any atom is 0.308 e. The van der Waals surface area contributed by atoms with Gasteiger partial charge in [-0.15, -0.1) is 0 Å². The van der Waals surface area contributed by atoms with Crippen LogP contribution in [0.1, 0.15) is 23.3 Å². The first-order valence-corrected chi connectivity index (χ1v) is 7.41. The normalized spacial score (nSPS) is 18.2. The lowest BCUT2D eigenvalue weighted by Crippen LogP contribution is -2.42. The fourth-order valence-electron chi connectivity index (χ4n) is 2.84. The maximum atomic E-state index is 12.5. The van der Waals surface area contributed by atoms with E-state index < -0.39 is 11.9 Å². The molecule has 1 aromatic carbocycles. The molecule has 0 spiro atoms. The number of hydrogen-bond donors (Lipinski definition) is 2. The Labute approximate surface area is 128 Å². The molecule has 0 saturated carbocycles. The van der Waals surface area contributed by atoms with Crippen LogP contribution in [0.2, 0.25) is 0 Å². The van der Waals surface area contributed by atoms with Crippen LogP contribution in [0.3, 0.4) is 0 Å². The molecule has 0 aliphatic carbocycles. The van der Waals surface area contributed by atoms with Gasteiger partial charge in [-0.3, -0.25) is 9.59 Å². The summed E-state index contributed by atoms with van der Waals surface area (Å²) in [5.74, 6) is -1.41. The summed E-state index contributed by atoms with van der Waals surface area (Å²) in [5, 5.41) is 9.12. The second-order valence-electron chi connectivity index (χ2n) is 5.58. The lowest BCUT2D eigenvalue weighted by molar-refractivity contribution is -0.143. The smallest absolute Gasteiger partial charge is 0.308 e. The Kier molecular flexibility index (Phi) is 3.96. The molecule has 0 unspecified atom stereocenters. The van der Waals surface area contributed by atoms with Gasteiger partial charge in [0.25, 0.3) is 5.91 Å². The largest absolute Gasteiger partial charge is 0.481 e. The predicted molar refractivity (Wildman–Crippen MR) is 82.5 cm³/mol. The van der Waals surface area contributed by atoms with Crippen molar-refractivity contribution in [2.45, 2.75) is 12.8 Å². The first-order valence-electron chi connectivity index (χ1n) is 7.41. The first-order chi connectivity index (χ1) is 10.6. The second-order valence-corrected chi connectivity index (χ2v) is 5.58. The van der Waals surface area contributed by atoms with Crippen LogP contribution in [-0.4, -0.2) is 40.0 Å². The molecular weight excluding hydrogens is 280 g/mol. The van der Waals surface area contributed by atoms with Crippen LogP contribution in [0.5, 0.6) is 0 Å². The van der Waals surface area contributed by atoms with E-state index in [1.165, 1.54) is 0 Å². The number of carboxylic acids is 1. The number of piperidine rings is 1. The van der Waals surface area contributed by atoms with Crippen LogP contribution in [0.15, 0.2) is 42.5 Å². The Hall–Kier alpha value is -2.56. The number of aromatic amines is 1. The van der Waals surface area contributed by atoms with E-state index in [0.29, 0.717) is 18.7 Å². The van der Waals surface area contributed by atoms with Gasteiger partial charge in [0.15, 0.2) is 0 Å². The van der Waals surface area contributed by atoms with Gasteiger partial charge in [-0.25, -0.2) is 0 Å².